The molecule has 0 aliphatic heterocycles. The predicted molar refractivity (Wildman–Crippen MR) is 121 cm³/mol. The van der Waals surface area contributed by atoms with Gasteiger partial charge in [-0.05, 0) is 45.1 Å². The number of fused-ring (bicyclic) bond motifs is 2. The quantitative estimate of drug-likeness (QED) is 0.499. The minimum atomic E-state index is -0.188. The molecule has 1 atom stereocenters. The number of aromatic amines is 1. The summed E-state index contributed by atoms with van der Waals surface area (Å²) < 4.78 is 1.80. The lowest BCUT2D eigenvalue weighted by molar-refractivity contribution is 0.102. The van der Waals surface area contributed by atoms with Crippen LogP contribution in [0.3, 0.4) is 0 Å². The standard InChI is InChI=1S/C23H28N6O/c1-6-20(28(4)7-2)19-10-16-13-24-22(12-18(16)25-19)26-23(30)15-8-9-17-14(3)27-29(5)21(17)11-15/h8-13,20,25H,6-7H2,1-5H3,(H,24,26,30). The van der Waals surface area contributed by atoms with E-state index in [2.05, 4.69) is 52.2 Å². The summed E-state index contributed by atoms with van der Waals surface area (Å²) in [6.45, 7) is 7.29. The zero-order valence-electron chi connectivity index (χ0n) is 18.2. The van der Waals surface area contributed by atoms with Crippen LogP contribution in [0.25, 0.3) is 21.8 Å². The van der Waals surface area contributed by atoms with Gasteiger partial charge in [0.2, 0.25) is 0 Å². The van der Waals surface area contributed by atoms with Gasteiger partial charge < -0.3 is 10.3 Å². The Bertz CT molecular complexity index is 1220. The third-order valence-corrected chi connectivity index (χ3v) is 5.84. The molecule has 0 spiro atoms. The molecule has 156 valence electrons. The largest absolute Gasteiger partial charge is 0.357 e. The summed E-state index contributed by atoms with van der Waals surface area (Å²) >= 11 is 0. The van der Waals surface area contributed by atoms with Crippen molar-refractivity contribution < 1.29 is 4.79 Å². The number of hydrogen-bond donors (Lipinski definition) is 2. The number of aromatic nitrogens is 4. The Morgan fingerprint density at radius 3 is 2.80 bits per heavy atom. The molecule has 0 bridgehead atoms. The molecule has 0 aliphatic rings. The molecule has 4 rings (SSSR count). The van der Waals surface area contributed by atoms with Crippen molar-refractivity contribution in [3.05, 3.63) is 53.5 Å². The molecule has 30 heavy (non-hydrogen) atoms. The Labute approximate surface area is 176 Å². The second-order valence-electron chi connectivity index (χ2n) is 7.77. The number of amides is 1. The van der Waals surface area contributed by atoms with Gasteiger partial charge in [-0.15, -0.1) is 0 Å². The summed E-state index contributed by atoms with van der Waals surface area (Å²) in [5, 5.41) is 9.42. The molecule has 2 N–H and O–H groups in total. The first-order valence-electron chi connectivity index (χ1n) is 10.3. The minimum absolute atomic E-state index is 0.188. The molecular weight excluding hydrogens is 376 g/mol. The van der Waals surface area contributed by atoms with Crippen LogP contribution >= 0.6 is 0 Å². The van der Waals surface area contributed by atoms with Crippen LogP contribution in [0, 0.1) is 6.92 Å². The second kappa shape index (κ2) is 7.91. The fourth-order valence-electron chi connectivity index (χ4n) is 4.05. The summed E-state index contributed by atoms with van der Waals surface area (Å²) in [5.74, 6) is 0.339. The van der Waals surface area contributed by atoms with Gasteiger partial charge in [-0.25, -0.2) is 4.98 Å². The van der Waals surface area contributed by atoms with Crippen molar-refractivity contribution in [1.29, 1.82) is 0 Å². The molecule has 1 amide bonds. The predicted octanol–water partition coefficient (Wildman–Crippen LogP) is 4.41. The Hall–Kier alpha value is -3.19. The van der Waals surface area contributed by atoms with Crippen LogP contribution < -0.4 is 5.32 Å². The first kappa shape index (κ1) is 20.1. The van der Waals surface area contributed by atoms with Crippen LogP contribution in [0.4, 0.5) is 5.82 Å². The molecule has 1 aromatic carbocycles. The van der Waals surface area contributed by atoms with Crippen molar-refractivity contribution in [3.63, 3.8) is 0 Å². The van der Waals surface area contributed by atoms with Gasteiger partial charge >= 0.3 is 0 Å². The smallest absolute Gasteiger partial charge is 0.256 e. The van der Waals surface area contributed by atoms with Crippen molar-refractivity contribution >= 4 is 33.5 Å². The fourth-order valence-corrected chi connectivity index (χ4v) is 4.05. The highest BCUT2D eigenvalue weighted by atomic mass is 16.1. The first-order chi connectivity index (χ1) is 14.4. The zero-order valence-corrected chi connectivity index (χ0v) is 18.2. The highest BCUT2D eigenvalue weighted by Crippen LogP contribution is 2.27. The molecule has 0 aliphatic carbocycles. The van der Waals surface area contributed by atoms with E-state index < -0.39 is 0 Å². The third kappa shape index (κ3) is 3.57. The number of benzene rings is 1. The molecule has 4 aromatic rings. The zero-order chi connectivity index (χ0) is 21.4. The number of carbonyl (C=O) groups is 1. The van der Waals surface area contributed by atoms with E-state index in [4.69, 9.17) is 0 Å². The topological polar surface area (TPSA) is 78.8 Å². The van der Waals surface area contributed by atoms with Crippen LogP contribution in [0.15, 0.2) is 36.5 Å². The lowest BCUT2D eigenvalue weighted by Gasteiger charge is -2.24. The number of hydrogen-bond acceptors (Lipinski definition) is 4. The number of aryl methyl sites for hydroxylation is 2. The van der Waals surface area contributed by atoms with Crippen molar-refractivity contribution in [1.82, 2.24) is 24.6 Å². The number of carbonyl (C=O) groups excluding carboxylic acids is 1. The monoisotopic (exact) mass is 404 g/mol. The number of H-pyrrole nitrogens is 1. The maximum Gasteiger partial charge on any atom is 0.256 e. The Morgan fingerprint density at radius 2 is 2.07 bits per heavy atom. The molecular formula is C23H28N6O. The van der Waals surface area contributed by atoms with E-state index in [1.807, 2.05) is 38.2 Å². The lowest BCUT2D eigenvalue weighted by Crippen LogP contribution is -2.23. The van der Waals surface area contributed by atoms with Crippen LogP contribution in [-0.4, -0.2) is 44.1 Å². The SMILES string of the molecule is CCC(c1cc2cnc(NC(=O)c3ccc4c(C)nn(C)c4c3)cc2[nH]1)N(C)CC. The fraction of sp³-hybridized carbons (Fsp3) is 0.348. The molecule has 1 unspecified atom stereocenters. The van der Waals surface area contributed by atoms with Crippen molar-refractivity contribution in [2.75, 3.05) is 18.9 Å². The second-order valence-corrected chi connectivity index (χ2v) is 7.77. The molecule has 0 saturated carbocycles. The van der Waals surface area contributed by atoms with E-state index in [-0.39, 0.29) is 5.91 Å². The summed E-state index contributed by atoms with van der Waals surface area (Å²) in [5.41, 5.74) is 4.60. The molecule has 3 heterocycles. The summed E-state index contributed by atoms with van der Waals surface area (Å²) in [6, 6.07) is 9.99. The first-order valence-corrected chi connectivity index (χ1v) is 10.3. The highest BCUT2D eigenvalue weighted by Gasteiger charge is 2.17. The summed E-state index contributed by atoms with van der Waals surface area (Å²) in [6.07, 6.45) is 2.82. The average molecular weight is 405 g/mol. The molecule has 7 heteroatoms. The third-order valence-electron chi connectivity index (χ3n) is 5.84. The van der Waals surface area contributed by atoms with E-state index in [1.165, 1.54) is 5.69 Å². The molecule has 0 fully saturated rings. The number of anilines is 1. The molecule has 7 nitrogen and oxygen atoms in total. The van der Waals surface area contributed by atoms with E-state index in [9.17, 15) is 4.79 Å². The van der Waals surface area contributed by atoms with Crippen LogP contribution in [-0.2, 0) is 7.05 Å². The molecule has 3 aromatic heterocycles. The van der Waals surface area contributed by atoms with Crippen LogP contribution in [0.5, 0.6) is 0 Å². The maximum atomic E-state index is 12.8. The highest BCUT2D eigenvalue weighted by molar-refractivity contribution is 6.06. The van der Waals surface area contributed by atoms with Crippen molar-refractivity contribution in [2.24, 2.45) is 7.05 Å². The van der Waals surface area contributed by atoms with E-state index >= 15 is 0 Å². The summed E-state index contributed by atoms with van der Waals surface area (Å²) in [7, 11) is 4.01. The molecule has 0 radical (unpaired) electrons. The number of rotatable bonds is 6. The normalized spacial score (nSPS) is 12.7. The number of pyridine rings is 1. The van der Waals surface area contributed by atoms with Gasteiger partial charge in [-0.1, -0.05) is 19.9 Å². The number of nitrogens with one attached hydrogen (secondary N) is 2. The Balaban J connectivity index is 1.59. The van der Waals surface area contributed by atoms with Gasteiger partial charge in [0.1, 0.15) is 5.82 Å². The average Bonchev–Trinajstić information content (AvgIpc) is 3.28. The Kier molecular flexibility index (Phi) is 5.30. The van der Waals surface area contributed by atoms with Crippen molar-refractivity contribution in [2.45, 2.75) is 33.2 Å². The van der Waals surface area contributed by atoms with E-state index in [0.29, 0.717) is 17.4 Å². The van der Waals surface area contributed by atoms with E-state index in [1.54, 1.807) is 10.9 Å². The maximum absolute atomic E-state index is 12.8. The molecule has 0 saturated heterocycles. The van der Waals surface area contributed by atoms with Gasteiger partial charge in [0.15, 0.2) is 0 Å². The van der Waals surface area contributed by atoms with Crippen molar-refractivity contribution in [3.8, 4) is 0 Å². The van der Waals surface area contributed by atoms with Gasteiger partial charge in [0.25, 0.3) is 5.91 Å². The van der Waals surface area contributed by atoms with Gasteiger partial charge in [-0.2, -0.15) is 5.10 Å². The van der Waals surface area contributed by atoms with Crippen LogP contribution in [0.1, 0.15) is 48.1 Å². The number of nitrogens with zero attached hydrogens (tertiary/aromatic N) is 4. The lowest BCUT2D eigenvalue weighted by atomic mass is 10.1. The van der Waals surface area contributed by atoms with E-state index in [0.717, 1.165) is 40.5 Å². The Morgan fingerprint density at radius 1 is 1.27 bits per heavy atom. The van der Waals surface area contributed by atoms with Crippen LogP contribution in [0.2, 0.25) is 0 Å². The van der Waals surface area contributed by atoms with Gasteiger partial charge in [0.05, 0.1) is 16.7 Å². The minimum Gasteiger partial charge on any atom is -0.357 e. The van der Waals surface area contributed by atoms with Gasteiger partial charge in [0, 0.05) is 47.4 Å². The van der Waals surface area contributed by atoms with Gasteiger partial charge in [-0.3, -0.25) is 14.4 Å². The summed E-state index contributed by atoms with van der Waals surface area (Å²) in [4.78, 5) is 23.1.